The highest BCUT2D eigenvalue weighted by Gasteiger charge is 2.33. The van der Waals surface area contributed by atoms with E-state index < -0.39 is 10.8 Å². The van der Waals surface area contributed by atoms with Gasteiger partial charge >= 0.3 is 17.9 Å². The van der Waals surface area contributed by atoms with Crippen LogP contribution in [-0.2, 0) is 28.6 Å². The van der Waals surface area contributed by atoms with Gasteiger partial charge in [0.25, 0.3) is 0 Å². The predicted molar refractivity (Wildman–Crippen MR) is 235 cm³/mol. The summed E-state index contributed by atoms with van der Waals surface area (Å²) in [5.41, 5.74) is -0.961. The summed E-state index contributed by atoms with van der Waals surface area (Å²) >= 11 is 0. The van der Waals surface area contributed by atoms with E-state index in [4.69, 9.17) is 14.2 Å². The summed E-state index contributed by atoms with van der Waals surface area (Å²) in [7, 11) is 0. The first kappa shape index (κ1) is 52.4. The third-order valence-electron chi connectivity index (χ3n) is 12.2. The summed E-state index contributed by atoms with van der Waals surface area (Å²) in [6, 6.07) is -0.146. The fourth-order valence-corrected chi connectivity index (χ4v) is 8.04. The lowest BCUT2D eigenvalue weighted by molar-refractivity contribution is -0.161. The van der Waals surface area contributed by atoms with Gasteiger partial charge in [-0.1, -0.05) is 149 Å². The van der Waals surface area contributed by atoms with Crippen LogP contribution in [0.1, 0.15) is 248 Å². The Balaban J connectivity index is 2.26. The Bertz CT molecular complexity index is 966. The number of hydrogen-bond donors (Lipinski definition) is 0. The van der Waals surface area contributed by atoms with E-state index in [1.807, 2.05) is 27.7 Å². The van der Waals surface area contributed by atoms with Crippen LogP contribution >= 0.6 is 0 Å². The van der Waals surface area contributed by atoms with Gasteiger partial charge in [0.2, 0.25) is 0 Å². The molecule has 0 spiro atoms. The van der Waals surface area contributed by atoms with Crippen LogP contribution in [0.25, 0.3) is 0 Å². The Labute approximate surface area is 347 Å². The molecule has 1 fully saturated rings. The van der Waals surface area contributed by atoms with Gasteiger partial charge in [0.1, 0.15) is 12.1 Å². The van der Waals surface area contributed by atoms with Gasteiger partial charge in [0.15, 0.2) is 0 Å². The number of carbonyl (C=O) groups excluding carboxylic acids is 3. The second-order valence-electron chi connectivity index (χ2n) is 18.6. The number of esters is 3. The SMILES string of the molecule is CCCCCCCCCCCOC(=O)C(C)(C)CCCCN1CCC[C@H]1C(=O)OCCCCCCC(C)(C)C(=O)OC(CCCCCCC)CCCCCCC. The van der Waals surface area contributed by atoms with E-state index in [-0.39, 0.29) is 30.1 Å². The Morgan fingerprint density at radius 2 is 0.964 bits per heavy atom. The molecule has 0 aromatic carbocycles. The van der Waals surface area contributed by atoms with Crippen molar-refractivity contribution in [1.82, 2.24) is 4.90 Å². The third kappa shape index (κ3) is 25.7. The lowest BCUT2D eigenvalue weighted by Crippen LogP contribution is -2.38. The molecule has 1 aliphatic rings. The zero-order valence-electron chi connectivity index (χ0n) is 38.3. The van der Waals surface area contributed by atoms with Crippen molar-refractivity contribution in [2.75, 3.05) is 26.3 Å². The number of unbranched alkanes of at least 4 members (excludes halogenated alkanes) is 20. The molecule has 0 aromatic heterocycles. The highest BCUT2D eigenvalue weighted by atomic mass is 16.5. The van der Waals surface area contributed by atoms with Gasteiger partial charge in [-0.2, -0.15) is 0 Å². The van der Waals surface area contributed by atoms with Crippen molar-refractivity contribution in [3.05, 3.63) is 0 Å². The van der Waals surface area contributed by atoms with Crippen LogP contribution in [0, 0.1) is 10.8 Å². The molecule has 1 saturated heterocycles. The number of likely N-dealkylation sites (tertiary alicyclic amines) is 1. The molecule has 330 valence electrons. The molecule has 0 amide bonds. The standard InChI is InChI=1S/C49H93NO6/c1-8-11-14-17-18-19-20-24-32-42-55-46(52)48(4,5)38-29-30-39-50-40-33-36-44(50)45(51)54-41-31-25-23-28-37-49(6,7)47(53)56-43(34-26-21-15-12-9-2)35-27-22-16-13-10-3/h43-44H,8-42H2,1-7H3/t44-/m0/s1. The van der Waals surface area contributed by atoms with Crippen molar-refractivity contribution in [1.29, 1.82) is 0 Å². The van der Waals surface area contributed by atoms with Crippen LogP contribution in [0.2, 0.25) is 0 Å². The van der Waals surface area contributed by atoms with Gasteiger partial charge in [0.05, 0.1) is 24.0 Å². The fourth-order valence-electron chi connectivity index (χ4n) is 8.04. The summed E-state index contributed by atoms with van der Waals surface area (Å²) in [6.45, 7) is 17.6. The monoisotopic (exact) mass is 792 g/mol. The van der Waals surface area contributed by atoms with E-state index in [0.29, 0.717) is 13.2 Å². The minimum absolute atomic E-state index is 0.0366. The summed E-state index contributed by atoms with van der Waals surface area (Å²) in [4.78, 5) is 41.3. The molecule has 0 N–H and O–H groups in total. The molecule has 0 radical (unpaired) electrons. The van der Waals surface area contributed by atoms with Crippen LogP contribution in [0.3, 0.4) is 0 Å². The number of carbonyl (C=O) groups is 3. The lowest BCUT2D eigenvalue weighted by Gasteiger charge is -2.27. The average Bonchev–Trinajstić information content (AvgIpc) is 3.65. The van der Waals surface area contributed by atoms with Crippen LogP contribution in [0.15, 0.2) is 0 Å². The molecule has 1 atom stereocenters. The second kappa shape index (κ2) is 33.2. The van der Waals surface area contributed by atoms with Crippen molar-refractivity contribution in [2.45, 2.75) is 260 Å². The van der Waals surface area contributed by atoms with Crippen LogP contribution in [0.5, 0.6) is 0 Å². The largest absolute Gasteiger partial charge is 0.465 e. The van der Waals surface area contributed by atoms with Crippen molar-refractivity contribution in [2.24, 2.45) is 10.8 Å². The highest BCUT2D eigenvalue weighted by molar-refractivity contribution is 5.76. The summed E-state index contributed by atoms with van der Waals surface area (Å²) < 4.78 is 17.6. The smallest absolute Gasteiger partial charge is 0.323 e. The van der Waals surface area contributed by atoms with Gasteiger partial charge in [-0.05, 0) is 111 Å². The number of hydrogen-bond acceptors (Lipinski definition) is 7. The van der Waals surface area contributed by atoms with Crippen LogP contribution in [0.4, 0.5) is 0 Å². The molecular weight excluding hydrogens is 699 g/mol. The van der Waals surface area contributed by atoms with E-state index in [1.165, 1.54) is 96.3 Å². The predicted octanol–water partition coefficient (Wildman–Crippen LogP) is 13.9. The van der Waals surface area contributed by atoms with Gasteiger partial charge in [-0.15, -0.1) is 0 Å². The van der Waals surface area contributed by atoms with E-state index in [9.17, 15) is 14.4 Å². The lowest BCUT2D eigenvalue weighted by atomic mass is 9.86. The van der Waals surface area contributed by atoms with Crippen molar-refractivity contribution in [3.8, 4) is 0 Å². The minimum Gasteiger partial charge on any atom is -0.465 e. The summed E-state index contributed by atoms with van der Waals surface area (Å²) in [6.07, 6.45) is 34.9. The molecule has 1 heterocycles. The first-order valence-corrected chi connectivity index (χ1v) is 24.3. The molecule has 1 aliphatic heterocycles. The van der Waals surface area contributed by atoms with Crippen LogP contribution < -0.4 is 0 Å². The molecule has 56 heavy (non-hydrogen) atoms. The maximum absolute atomic E-state index is 13.3. The zero-order valence-corrected chi connectivity index (χ0v) is 38.3. The Hall–Kier alpha value is -1.63. The normalized spacial score (nSPS) is 15.1. The molecular formula is C49H93NO6. The molecule has 7 heteroatoms. The number of ether oxygens (including phenoxy) is 3. The van der Waals surface area contributed by atoms with Crippen LogP contribution in [-0.4, -0.2) is 61.3 Å². The molecule has 0 aromatic rings. The van der Waals surface area contributed by atoms with Crippen molar-refractivity contribution < 1.29 is 28.6 Å². The van der Waals surface area contributed by atoms with E-state index in [1.54, 1.807) is 0 Å². The molecule has 7 nitrogen and oxygen atoms in total. The Morgan fingerprint density at radius 3 is 1.50 bits per heavy atom. The van der Waals surface area contributed by atoms with Gasteiger partial charge in [-0.25, -0.2) is 0 Å². The maximum Gasteiger partial charge on any atom is 0.323 e. The van der Waals surface area contributed by atoms with Crippen molar-refractivity contribution in [3.63, 3.8) is 0 Å². The minimum atomic E-state index is -0.481. The average molecular weight is 792 g/mol. The molecule has 1 rings (SSSR count). The maximum atomic E-state index is 13.3. The summed E-state index contributed by atoms with van der Waals surface area (Å²) in [5, 5.41) is 0. The summed E-state index contributed by atoms with van der Waals surface area (Å²) in [5.74, 6) is -0.204. The second-order valence-corrected chi connectivity index (χ2v) is 18.6. The first-order chi connectivity index (χ1) is 27.0. The quantitative estimate of drug-likeness (QED) is 0.0350. The van der Waals surface area contributed by atoms with E-state index in [2.05, 4.69) is 25.7 Å². The first-order valence-electron chi connectivity index (χ1n) is 24.3. The molecule has 0 bridgehead atoms. The fraction of sp³-hybridized carbons (Fsp3) is 0.939. The zero-order chi connectivity index (χ0) is 41.3. The van der Waals surface area contributed by atoms with E-state index in [0.717, 1.165) is 116 Å². The van der Waals surface area contributed by atoms with E-state index >= 15 is 0 Å². The molecule has 0 aliphatic carbocycles. The van der Waals surface area contributed by atoms with Gasteiger partial charge < -0.3 is 14.2 Å². The topological polar surface area (TPSA) is 82.1 Å². The Morgan fingerprint density at radius 1 is 0.536 bits per heavy atom. The third-order valence-corrected chi connectivity index (χ3v) is 12.2. The van der Waals surface area contributed by atoms with Gasteiger partial charge in [0, 0.05) is 0 Å². The molecule has 0 unspecified atom stereocenters. The van der Waals surface area contributed by atoms with Gasteiger partial charge in [-0.3, -0.25) is 19.3 Å². The number of rotatable bonds is 38. The highest BCUT2D eigenvalue weighted by Crippen LogP contribution is 2.29. The number of nitrogens with zero attached hydrogens (tertiary/aromatic N) is 1. The molecule has 0 saturated carbocycles. The van der Waals surface area contributed by atoms with Crippen molar-refractivity contribution >= 4 is 17.9 Å². The Kier molecular flexibility index (Phi) is 31.1.